The molecule has 2 unspecified atom stereocenters. The molecule has 2 aromatic heterocycles. The second-order valence-corrected chi connectivity index (χ2v) is 26.5. The summed E-state index contributed by atoms with van der Waals surface area (Å²) in [6.07, 6.45) is 1.15. The largest absolute Gasteiger partial charge is 0.491 e. The monoisotopic (exact) mass is 1230 g/mol. The van der Waals surface area contributed by atoms with Crippen molar-refractivity contribution in [1.82, 2.24) is 24.7 Å². The number of rotatable bonds is 28. The van der Waals surface area contributed by atoms with E-state index in [1.165, 1.54) is 0 Å². The summed E-state index contributed by atoms with van der Waals surface area (Å²) in [5.41, 5.74) is 5.62. The predicted molar refractivity (Wildman–Crippen MR) is 341 cm³/mol. The van der Waals surface area contributed by atoms with E-state index in [-0.39, 0.29) is 38.0 Å². The molecule has 0 spiro atoms. The highest BCUT2D eigenvalue weighted by Gasteiger charge is 2.28. The van der Waals surface area contributed by atoms with E-state index >= 15 is 0 Å². The highest BCUT2D eigenvalue weighted by molar-refractivity contribution is 7.66. The van der Waals surface area contributed by atoms with Gasteiger partial charge in [-0.1, -0.05) is 23.7 Å². The Labute approximate surface area is 512 Å². The van der Waals surface area contributed by atoms with Gasteiger partial charge in [0.2, 0.25) is 14.7 Å². The van der Waals surface area contributed by atoms with Crippen molar-refractivity contribution in [2.75, 3.05) is 128 Å². The lowest BCUT2D eigenvalue weighted by Crippen LogP contribution is -2.42. The Kier molecular flexibility index (Phi) is 28.5. The molecule has 4 aromatic rings. The average Bonchev–Trinajstić information content (AvgIpc) is 1.46. The second-order valence-electron chi connectivity index (χ2n) is 21.7. The summed E-state index contributed by atoms with van der Waals surface area (Å²) in [5.74, 6) is 14.2. The fraction of sp³-hybridized carbons (Fsp3) is 0.554. The number of carbonyl (C=O) groups excluding carboxylic acids is 3. The highest BCUT2D eigenvalue weighted by Crippen LogP contribution is 2.42. The van der Waals surface area contributed by atoms with Crippen LogP contribution in [0.15, 0.2) is 60.7 Å². The number of pyridine rings is 2. The fourth-order valence-corrected chi connectivity index (χ4v) is 12.1. The van der Waals surface area contributed by atoms with Crippen molar-refractivity contribution in [3.05, 3.63) is 94.3 Å². The summed E-state index contributed by atoms with van der Waals surface area (Å²) in [6.45, 7) is 32.4. The van der Waals surface area contributed by atoms with E-state index in [2.05, 4.69) is 71.0 Å². The lowest BCUT2D eigenvalue weighted by molar-refractivity contribution is -0.144. The lowest BCUT2D eigenvalue weighted by Gasteiger charge is -2.29. The Bertz CT molecular complexity index is 2910. The van der Waals surface area contributed by atoms with Crippen molar-refractivity contribution in [1.29, 1.82) is 0 Å². The van der Waals surface area contributed by atoms with Crippen LogP contribution < -0.4 is 30.1 Å². The minimum atomic E-state index is -3.38. The number of hydrogen-bond donors (Lipinski definition) is 0. The number of anilines is 2. The summed E-state index contributed by atoms with van der Waals surface area (Å²) in [7, 11) is -6.76. The van der Waals surface area contributed by atoms with Crippen molar-refractivity contribution in [2.24, 2.45) is 0 Å². The SMILES string of the molecule is CCOC(=O)CCCOc1ccc(C#Cc2cc(CN3CCN(Cc4cc(C#Cc5ccc(OCCCC(=O)OCC)c(N(CC)CC)c5)cc(P(C)(=O)OCC)n4)CCN(C(=O)OC(C)(C)C)CC3)nc(P(C)(=O)OCC)c2)cc1N(CC)CC. The van der Waals surface area contributed by atoms with Gasteiger partial charge in [-0.3, -0.25) is 28.5 Å². The maximum Gasteiger partial charge on any atom is 0.410 e. The first kappa shape index (κ1) is 70.3. The van der Waals surface area contributed by atoms with E-state index in [9.17, 15) is 23.5 Å². The number of aromatic nitrogens is 2. The van der Waals surface area contributed by atoms with Crippen LogP contribution in [0, 0.1) is 23.7 Å². The molecule has 0 radical (unpaired) electrons. The lowest BCUT2D eigenvalue weighted by atomic mass is 10.1. The van der Waals surface area contributed by atoms with Gasteiger partial charge in [-0.2, -0.15) is 0 Å². The first-order valence-electron chi connectivity index (χ1n) is 30.4. The molecule has 0 bridgehead atoms. The Morgan fingerprint density at radius 3 is 1.28 bits per heavy atom. The third kappa shape index (κ3) is 22.7. The fourth-order valence-electron chi connectivity index (χ4n) is 9.53. The third-order valence-electron chi connectivity index (χ3n) is 13.8. The molecule has 470 valence electrons. The summed E-state index contributed by atoms with van der Waals surface area (Å²) in [6, 6.07) is 18.9. The predicted octanol–water partition coefficient (Wildman–Crippen LogP) is 10.1. The quantitative estimate of drug-likeness (QED) is 0.0171. The summed E-state index contributed by atoms with van der Waals surface area (Å²) in [4.78, 5) is 58.3. The molecule has 1 saturated heterocycles. The van der Waals surface area contributed by atoms with Crippen molar-refractivity contribution in [3.8, 4) is 35.2 Å². The van der Waals surface area contributed by atoms with Gasteiger partial charge in [-0.05, 0) is 150 Å². The van der Waals surface area contributed by atoms with Crippen molar-refractivity contribution >= 4 is 55.0 Å². The summed E-state index contributed by atoms with van der Waals surface area (Å²) >= 11 is 0. The zero-order valence-corrected chi connectivity index (χ0v) is 55.0. The van der Waals surface area contributed by atoms with Crippen LogP contribution in [0.4, 0.5) is 16.2 Å². The molecule has 1 aliphatic rings. The number of nitrogens with zero attached hydrogens (tertiary/aromatic N) is 7. The number of esters is 2. The van der Waals surface area contributed by atoms with Crippen LogP contribution in [0.5, 0.6) is 11.5 Å². The van der Waals surface area contributed by atoms with E-state index in [0.717, 1.165) is 48.7 Å². The average molecular weight is 1230 g/mol. The number of benzene rings is 2. The van der Waals surface area contributed by atoms with Crippen LogP contribution in [0.25, 0.3) is 0 Å². The zero-order chi connectivity index (χ0) is 62.9. The Hall–Kier alpha value is -6.43. The number of hydrogen-bond acceptors (Lipinski definition) is 18. The first-order valence-corrected chi connectivity index (χ1v) is 34.5. The van der Waals surface area contributed by atoms with Gasteiger partial charge in [0.15, 0.2) is 0 Å². The minimum Gasteiger partial charge on any atom is -0.491 e. The van der Waals surface area contributed by atoms with Crippen LogP contribution in [0.3, 0.4) is 0 Å². The molecular formula is C65H93N7O12P2. The molecule has 1 amide bonds. The Morgan fingerprint density at radius 1 is 0.535 bits per heavy atom. The standard InChI is InChI=1S/C65H93N7O12P2/c1-14-70(15-2)56-44-50(30-32-58(56)80-40-22-24-62(73)78-18-5)26-28-52-42-54(66-60(46-52)85(12,76)82-20-7)48-68-34-35-69(37-39-72(38-36-68)64(75)84-65(9,10)11)49-55-43-53(47-61(67-55)86(13,77)83-21-8)29-27-51-31-33-59(57(45-51)71(16-3)17-4)81-41-23-25-63(74)79-19-6/h30-33,42-47H,14-25,34-41,48-49H2,1-13H3. The summed E-state index contributed by atoms with van der Waals surface area (Å²) < 4.78 is 68.5. The molecule has 21 heteroatoms. The molecule has 1 fully saturated rings. The van der Waals surface area contributed by atoms with E-state index in [0.29, 0.717) is 137 Å². The van der Waals surface area contributed by atoms with Gasteiger partial charge < -0.3 is 47.4 Å². The van der Waals surface area contributed by atoms with Crippen LogP contribution in [0.1, 0.15) is 135 Å². The molecule has 0 aliphatic carbocycles. The van der Waals surface area contributed by atoms with Gasteiger partial charge in [0.1, 0.15) is 28.0 Å². The van der Waals surface area contributed by atoms with E-state index in [1.54, 1.807) is 58.1 Å². The molecule has 3 heterocycles. The van der Waals surface area contributed by atoms with E-state index < -0.39 is 26.4 Å². The molecule has 5 rings (SSSR count). The van der Waals surface area contributed by atoms with Crippen LogP contribution >= 0.6 is 14.7 Å². The van der Waals surface area contributed by atoms with Crippen molar-refractivity contribution < 1.29 is 56.2 Å². The van der Waals surface area contributed by atoms with Crippen LogP contribution in [-0.4, -0.2) is 167 Å². The third-order valence-corrected chi connectivity index (χ3v) is 17.5. The molecule has 19 nitrogen and oxygen atoms in total. The molecule has 0 N–H and O–H groups in total. The molecule has 0 saturated carbocycles. The van der Waals surface area contributed by atoms with Gasteiger partial charge in [0.25, 0.3) is 0 Å². The smallest absolute Gasteiger partial charge is 0.410 e. The van der Waals surface area contributed by atoms with Crippen LogP contribution in [0.2, 0.25) is 0 Å². The topological polar surface area (TPSA) is 192 Å². The maximum atomic E-state index is 14.2. The van der Waals surface area contributed by atoms with Crippen molar-refractivity contribution in [3.63, 3.8) is 0 Å². The highest BCUT2D eigenvalue weighted by atomic mass is 31.2. The van der Waals surface area contributed by atoms with Crippen molar-refractivity contribution in [2.45, 2.75) is 121 Å². The Morgan fingerprint density at radius 2 is 0.919 bits per heavy atom. The van der Waals surface area contributed by atoms with Gasteiger partial charge >= 0.3 is 18.0 Å². The molecule has 2 atom stereocenters. The number of amides is 1. The minimum absolute atomic E-state index is 0.228. The molecule has 2 aromatic carbocycles. The van der Waals surface area contributed by atoms with Gasteiger partial charge in [0.05, 0.1) is 62.4 Å². The Balaban J connectivity index is 1.49. The van der Waals surface area contributed by atoms with Gasteiger partial charge in [-0.15, -0.1) is 0 Å². The van der Waals surface area contributed by atoms with Crippen LogP contribution in [-0.2, 0) is 55.1 Å². The number of carbonyl (C=O) groups is 3. The zero-order valence-electron chi connectivity index (χ0n) is 53.3. The normalized spacial score (nSPS) is 14.5. The summed E-state index contributed by atoms with van der Waals surface area (Å²) in [5, 5.41) is 0. The second kappa shape index (κ2) is 34.8. The van der Waals surface area contributed by atoms with Gasteiger partial charge in [0, 0.05) is 127 Å². The molecular weight excluding hydrogens is 1130 g/mol. The first-order chi connectivity index (χ1) is 41.1. The molecule has 1 aliphatic heterocycles. The number of ether oxygens (including phenoxy) is 5. The van der Waals surface area contributed by atoms with Gasteiger partial charge in [-0.25, -0.2) is 14.8 Å². The maximum absolute atomic E-state index is 14.2. The molecule has 86 heavy (non-hydrogen) atoms. The van der Waals surface area contributed by atoms with E-state index in [4.69, 9.17) is 42.7 Å². The van der Waals surface area contributed by atoms with E-state index in [1.807, 2.05) is 69.3 Å².